The molecule has 0 aromatic carbocycles. The van der Waals surface area contributed by atoms with E-state index in [1.54, 1.807) is 0 Å². The lowest BCUT2D eigenvalue weighted by Crippen LogP contribution is -2.25. The van der Waals surface area contributed by atoms with Crippen molar-refractivity contribution in [1.82, 2.24) is 9.78 Å². The molecule has 1 N–H and O–H groups in total. The monoisotopic (exact) mass is 238 g/mol. The fourth-order valence-corrected chi connectivity index (χ4v) is 1.97. The summed E-state index contributed by atoms with van der Waals surface area (Å²) in [7, 11) is 0. The van der Waals surface area contributed by atoms with Gasteiger partial charge in [0.1, 0.15) is 0 Å². The summed E-state index contributed by atoms with van der Waals surface area (Å²) in [6.45, 7) is 11.5. The van der Waals surface area contributed by atoms with Gasteiger partial charge in [0.2, 0.25) is 0 Å². The molecule has 3 heteroatoms. The molecule has 0 radical (unpaired) electrons. The molecule has 1 aromatic heterocycles. The molecule has 1 rings (SSSR count). The molecule has 0 saturated heterocycles. The lowest BCUT2D eigenvalue weighted by Gasteiger charge is -2.22. The first-order valence-electron chi connectivity index (χ1n) is 6.73. The van der Waals surface area contributed by atoms with Gasteiger partial charge in [-0.05, 0) is 31.2 Å². The Morgan fingerprint density at radius 1 is 1.29 bits per heavy atom. The smallest absolute Gasteiger partial charge is 0.0624 e. The first-order chi connectivity index (χ1) is 7.99. The summed E-state index contributed by atoms with van der Waals surface area (Å²) in [6, 6.07) is 2.12. The molecule has 98 valence electrons. The normalized spacial score (nSPS) is 15.2. The van der Waals surface area contributed by atoms with Crippen molar-refractivity contribution in [3.8, 4) is 0 Å². The second kappa shape index (κ2) is 6.20. The van der Waals surface area contributed by atoms with E-state index in [-0.39, 0.29) is 6.10 Å². The maximum absolute atomic E-state index is 10.2. The molecule has 3 nitrogen and oxygen atoms in total. The van der Waals surface area contributed by atoms with Crippen LogP contribution in [-0.4, -0.2) is 21.0 Å². The molecule has 0 aliphatic rings. The number of nitrogens with zero attached hydrogens (tertiary/aromatic N) is 2. The van der Waals surface area contributed by atoms with Crippen LogP contribution in [0, 0.1) is 11.8 Å². The Morgan fingerprint density at radius 3 is 2.41 bits per heavy atom. The SMILES string of the molecule is CCc1cc(CC(O)C(C)C(C)C)n(CC)n1. The minimum atomic E-state index is -0.276. The van der Waals surface area contributed by atoms with Crippen LogP contribution in [0.1, 0.15) is 46.0 Å². The van der Waals surface area contributed by atoms with Crippen LogP contribution in [0.15, 0.2) is 6.07 Å². The highest BCUT2D eigenvalue weighted by atomic mass is 16.3. The molecular weight excluding hydrogens is 212 g/mol. The highest BCUT2D eigenvalue weighted by Gasteiger charge is 2.20. The molecule has 0 aliphatic heterocycles. The van der Waals surface area contributed by atoms with E-state index >= 15 is 0 Å². The van der Waals surface area contributed by atoms with Gasteiger partial charge < -0.3 is 5.11 Å². The zero-order valence-electron chi connectivity index (χ0n) is 11.8. The molecule has 0 bridgehead atoms. The lowest BCUT2D eigenvalue weighted by atomic mass is 9.90. The molecule has 0 spiro atoms. The fourth-order valence-electron chi connectivity index (χ4n) is 1.97. The number of hydrogen-bond acceptors (Lipinski definition) is 2. The van der Waals surface area contributed by atoms with Crippen LogP contribution >= 0.6 is 0 Å². The van der Waals surface area contributed by atoms with Gasteiger partial charge in [-0.15, -0.1) is 0 Å². The Bertz CT molecular complexity index is 344. The number of aromatic nitrogens is 2. The van der Waals surface area contributed by atoms with Crippen molar-refractivity contribution in [2.45, 2.75) is 60.1 Å². The largest absolute Gasteiger partial charge is 0.392 e. The maximum atomic E-state index is 10.2. The molecule has 17 heavy (non-hydrogen) atoms. The zero-order chi connectivity index (χ0) is 13.0. The zero-order valence-corrected chi connectivity index (χ0v) is 11.8. The Labute approximate surface area is 105 Å². The van der Waals surface area contributed by atoms with Crippen molar-refractivity contribution in [2.24, 2.45) is 11.8 Å². The van der Waals surface area contributed by atoms with Gasteiger partial charge in [0.25, 0.3) is 0 Å². The minimum absolute atomic E-state index is 0.276. The molecule has 1 aromatic rings. The van der Waals surface area contributed by atoms with Gasteiger partial charge >= 0.3 is 0 Å². The third-order valence-corrected chi connectivity index (χ3v) is 3.65. The molecule has 0 aliphatic carbocycles. The van der Waals surface area contributed by atoms with E-state index in [1.807, 2.05) is 4.68 Å². The Morgan fingerprint density at radius 2 is 1.94 bits per heavy atom. The van der Waals surface area contributed by atoms with Gasteiger partial charge in [-0.3, -0.25) is 4.68 Å². The second-order valence-corrected chi connectivity index (χ2v) is 5.17. The highest BCUT2D eigenvalue weighted by Crippen LogP contribution is 2.18. The summed E-state index contributed by atoms with van der Waals surface area (Å²) >= 11 is 0. The number of hydrogen-bond donors (Lipinski definition) is 1. The predicted octanol–water partition coefficient (Wildman–Crippen LogP) is 2.66. The van der Waals surface area contributed by atoms with Gasteiger partial charge in [-0.25, -0.2) is 0 Å². The molecule has 2 atom stereocenters. The summed E-state index contributed by atoms with van der Waals surface area (Å²) in [5, 5.41) is 14.7. The summed E-state index contributed by atoms with van der Waals surface area (Å²) < 4.78 is 2.01. The summed E-state index contributed by atoms with van der Waals surface area (Å²) in [4.78, 5) is 0. The van der Waals surface area contributed by atoms with Crippen LogP contribution < -0.4 is 0 Å². The van der Waals surface area contributed by atoms with Gasteiger partial charge in [0.05, 0.1) is 11.8 Å². The van der Waals surface area contributed by atoms with Gasteiger partial charge in [-0.2, -0.15) is 5.10 Å². The highest BCUT2D eigenvalue weighted by molar-refractivity contribution is 5.11. The molecule has 2 unspecified atom stereocenters. The van der Waals surface area contributed by atoms with Crippen molar-refractivity contribution < 1.29 is 5.11 Å². The molecule has 1 heterocycles. The van der Waals surface area contributed by atoms with Crippen LogP contribution in [0.4, 0.5) is 0 Å². The molecule has 0 fully saturated rings. The average molecular weight is 238 g/mol. The number of aliphatic hydroxyl groups is 1. The third kappa shape index (κ3) is 3.56. The maximum Gasteiger partial charge on any atom is 0.0624 e. The van der Waals surface area contributed by atoms with E-state index in [9.17, 15) is 5.11 Å². The van der Waals surface area contributed by atoms with Gasteiger partial charge in [-0.1, -0.05) is 27.7 Å². The predicted molar refractivity (Wildman–Crippen MR) is 71.0 cm³/mol. The van der Waals surface area contributed by atoms with E-state index in [0.717, 1.165) is 24.4 Å². The number of aliphatic hydroxyl groups excluding tert-OH is 1. The Kier molecular flexibility index (Phi) is 5.19. The second-order valence-electron chi connectivity index (χ2n) is 5.17. The van der Waals surface area contributed by atoms with Gasteiger partial charge in [0.15, 0.2) is 0 Å². The van der Waals surface area contributed by atoms with Gasteiger partial charge in [0, 0.05) is 18.7 Å². The first kappa shape index (κ1) is 14.2. The third-order valence-electron chi connectivity index (χ3n) is 3.65. The molecule has 0 amide bonds. The van der Waals surface area contributed by atoms with Crippen LogP contribution in [0.25, 0.3) is 0 Å². The van der Waals surface area contributed by atoms with Crippen molar-refractivity contribution in [3.63, 3.8) is 0 Å². The number of aryl methyl sites for hydroxylation is 2. The van der Waals surface area contributed by atoms with Crippen LogP contribution in [-0.2, 0) is 19.4 Å². The van der Waals surface area contributed by atoms with E-state index in [2.05, 4.69) is 45.8 Å². The van der Waals surface area contributed by atoms with E-state index < -0.39 is 0 Å². The molecular formula is C14H26N2O. The van der Waals surface area contributed by atoms with E-state index in [0.29, 0.717) is 18.3 Å². The standard InChI is InChI=1S/C14H26N2O/c1-6-12-8-13(16(7-2)15-12)9-14(17)11(5)10(3)4/h8,10-11,14,17H,6-7,9H2,1-5H3. The first-order valence-corrected chi connectivity index (χ1v) is 6.73. The van der Waals surface area contributed by atoms with E-state index in [1.165, 1.54) is 0 Å². The van der Waals surface area contributed by atoms with Crippen molar-refractivity contribution in [3.05, 3.63) is 17.5 Å². The van der Waals surface area contributed by atoms with Crippen molar-refractivity contribution >= 4 is 0 Å². The summed E-state index contributed by atoms with van der Waals surface area (Å²) in [5.41, 5.74) is 2.27. The van der Waals surface area contributed by atoms with Crippen molar-refractivity contribution in [1.29, 1.82) is 0 Å². The van der Waals surface area contributed by atoms with Crippen LogP contribution in [0.2, 0.25) is 0 Å². The van der Waals surface area contributed by atoms with E-state index in [4.69, 9.17) is 0 Å². The lowest BCUT2D eigenvalue weighted by molar-refractivity contribution is 0.0902. The minimum Gasteiger partial charge on any atom is -0.392 e. The fraction of sp³-hybridized carbons (Fsp3) is 0.786. The van der Waals surface area contributed by atoms with Crippen LogP contribution in [0.3, 0.4) is 0 Å². The average Bonchev–Trinajstić information content (AvgIpc) is 2.70. The summed E-state index contributed by atoms with van der Waals surface area (Å²) in [5.74, 6) is 0.828. The van der Waals surface area contributed by atoms with Crippen LogP contribution in [0.5, 0.6) is 0 Å². The quantitative estimate of drug-likeness (QED) is 0.827. The van der Waals surface area contributed by atoms with Crippen molar-refractivity contribution in [2.75, 3.05) is 0 Å². The molecule has 0 saturated carbocycles. The number of rotatable bonds is 6. The summed E-state index contributed by atoms with van der Waals surface area (Å²) in [6.07, 6.45) is 1.39. The Hall–Kier alpha value is -0.830. The Balaban J connectivity index is 2.76. The topological polar surface area (TPSA) is 38.0 Å².